The van der Waals surface area contributed by atoms with Gasteiger partial charge in [-0.05, 0) is 39.0 Å². The Labute approximate surface area is 134 Å². The van der Waals surface area contributed by atoms with Crippen LogP contribution in [-0.4, -0.2) is 29.4 Å². The summed E-state index contributed by atoms with van der Waals surface area (Å²) in [5.41, 5.74) is -0.582. The molecule has 2 aromatic heterocycles. The van der Waals surface area contributed by atoms with Gasteiger partial charge in [-0.2, -0.15) is 0 Å². The highest BCUT2D eigenvalue weighted by Gasteiger charge is 2.33. The van der Waals surface area contributed by atoms with Gasteiger partial charge in [-0.3, -0.25) is 13.9 Å². The fourth-order valence-electron chi connectivity index (χ4n) is 3.67. The Balaban J connectivity index is 2.23. The summed E-state index contributed by atoms with van der Waals surface area (Å²) in [5.74, 6) is 0. The Morgan fingerprint density at radius 2 is 2.17 bits per heavy atom. The molecule has 0 aromatic carbocycles. The molecule has 1 N–H and O–H groups in total. The summed E-state index contributed by atoms with van der Waals surface area (Å²) in [7, 11) is 1.64. The Hall–Kier alpha value is -1.89. The highest BCUT2D eigenvalue weighted by Crippen LogP contribution is 2.33. The Kier molecular flexibility index (Phi) is 3.91. The predicted molar refractivity (Wildman–Crippen MR) is 87.7 cm³/mol. The number of nitrogens with zero attached hydrogens (tertiary/aromatic N) is 4. The predicted octanol–water partition coefficient (Wildman–Crippen LogP) is 1.17. The van der Waals surface area contributed by atoms with Crippen molar-refractivity contribution in [3.8, 4) is 0 Å². The van der Waals surface area contributed by atoms with E-state index in [0.29, 0.717) is 30.6 Å². The first kappa shape index (κ1) is 16.0. The van der Waals surface area contributed by atoms with Crippen molar-refractivity contribution in [2.45, 2.75) is 64.1 Å². The minimum absolute atomic E-state index is 0.265. The van der Waals surface area contributed by atoms with Crippen LogP contribution in [0.15, 0.2) is 15.9 Å². The van der Waals surface area contributed by atoms with Crippen LogP contribution in [0, 0.1) is 0 Å². The van der Waals surface area contributed by atoms with Crippen molar-refractivity contribution in [2.75, 3.05) is 0 Å². The lowest BCUT2D eigenvalue weighted by molar-refractivity contribution is 0.00251. The van der Waals surface area contributed by atoms with E-state index >= 15 is 0 Å². The molecule has 3 rings (SSSR count). The maximum atomic E-state index is 13.0. The lowest BCUT2D eigenvalue weighted by Crippen LogP contribution is -2.45. The zero-order valence-electron chi connectivity index (χ0n) is 13.9. The van der Waals surface area contributed by atoms with Crippen LogP contribution in [0.25, 0.3) is 11.2 Å². The Bertz CT molecular complexity index is 843. The van der Waals surface area contributed by atoms with E-state index in [4.69, 9.17) is 0 Å². The van der Waals surface area contributed by atoms with Gasteiger partial charge in [0.1, 0.15) is 0 Å². The smallest absolute Gasteiger partial charge is 0.332 e. The van der Waals surface area contributed by atoms with E-state index in [1.54, 1.807) is 20.3 Å². The summed E-state index contributed by atoms with van der Waals surface area (Å²) < 4.78 is 4.57. The molecule has 0 amide bonds. The van der Waals surface area contributed by atoms with E-state index in [2.05, 4.69) is 4.98 Å². The van der Waals surface area contributed by atoms with Gasteiger partial charge >= 0.3 is 5.69 Å². The topological polar surface area (TPSA) is 82.1 Å². The second kappa shape index (κ2) is 5.63. The van der Waals surface area contributed by atoms with E-state index in [1.807, 2.05) is 11.5 Å². The van der Waals surface area contributed by atoms with Crippen LogP contribution in [0.1, 0.15) is 52.0 Å². The maximum absolute atomic E-state index is 13.0. The lowest BCUT2D eigenvalue weighted by Gasteiger charge is -2.34. The molecule has 0 aliphatic heterocycles. The summed E-state index contributed by atoms with van der Waals surface area (Å²) in [6.45, 7) is 4.49. The SMILES string of the molecule is CCCn1cnc2c1c(=O)n(C1CCCC(C)(O)C1)c(=O)n2C. The molecule has 1 fully saturated rings. The van der Waals surface area contributed by atoms with Crippen molar-refractivity contribution in [3.05, 3.63) is 27.2 Å². The molecule has 0 spiro atoms. The van der Waals surface area contributed by atoms with E-state index in [0.717, 1.165) is 19.3 Å². The molecule has 2 atom stereocenters. The number of fused-ring (bicyclic) bond motifs is 1. The van der Waals surface area contributed by atoms with Crippen LogP contribution in [0.3, 0.4) is 0 Å². The lowest BCUT2D eigenvalue weighted by atomic mass is 9.83. The van der Waals surface area contributed by atoms with Gasteiger partial charge in [0.25, 0.3) is 5.56 Å². The standard InChI is InChI=1S/C16H24N4O3/c1-4-8-19-10-17-13-12(19)14(21)20(15(22)18(13)3)11-6-5-7-16(2,23)9-11/h10-11,23H,4-9H2,1-3H3. The molecule has 1 aliphatic rings. The second-order valence-corrected chi connectivity index (χ2v) is 6.87. The van der Waals surface area contributed by atoms with Crippen LogP contribution in [0.2, 0.25) is 0 Å². The molecular weight excluding hydrogens is 296 g/mol. The van der Waals surface area contributed by atoms with Gasteiger partial charge in [-0.1, -0.05) is 6.92 Å². The van der Waals surface area contributed by atoms with Crippen LogP contribution in [0.4, 0.5) is 0 Å². The van der Waals surface area contributed by atoms with Crippen LogP contribution in [-0.2, 0) is 13.6 Å². The van der Waals surface area contributed by atoms with Crippen molar-refractivity contribution >= 4 is 11.2 Å². The summed E-state index contributed by atoms with van der Waals surface area (Å²) in [6, 6.07) is -0.265. The number of aromatic nitrogens is 4. The zero-order valence-corrected chi connectivity index (χ0v) is 13.9. The third kappa shape index (κ3) is 2.63. The second-order valence-electron chi connectivity index (χ2n) is 6.87. The molecule has 7 nitrogen and oxygen atoms in total. The van der Waals surface area contributed by atoms with E-state index in [1.165, 1.54) is 9.13 Å². The first-order valence-electron chi connectivity index (χ1n) is 8.24. The molecule has 2 aromatic rings. The first-order valence-corrected chi connectivity index (χ1v) is 8.24. The van der Waals surface area contributed by atoms with Crippen molar-refractivity contribution in [1.82, 2.24) is 18.7 Å². The van der Waals surface area contributed by atoms with Gasteiger partial charge in [0.05, 0.1) is 11.9 Å². The first-order chi connectivity index (χ1) is 10.9. The summed E-state index contributed by atoms with van der Waals surface area (Å²) in [6.07, 6.45) is 5.17. The van der Waals surface area contributed by atoms with Gasteiger partial charge in [0.15, 0.2) is 11.2 Å². The number of imidazole rings is 1. The zero-order chi connectivity index (χ0) is 16.8. The van der Waals surface area contributed by atoms with Gasteiger partial charge < -0.3 is 9.67 Å². The molecule has 2 unspecified atom stereocenters. The molecule has 7 heteroatoms. The van der Waals surface area contributed by atoms with Gasteiger partial charge in [-0.25, -0.2) is 9.78 Å². The number of hydrogen-bond donors (Lipinski definition) is 1. The molecule has 0 bridgehead atoms. The molecule has 1 aliphatic carbocycles. The number of hydrogen-bond acceptors (Lipinski definition) is 4. The molecule has 126 valence electrons. The third-order valence-electron chi connectivity index (χ3n) is 4.81. The minimum atomic E-state index is -0.827. The number of rotatable bonds is 3. The Morgan fingerprint density at radius 1 is 1.43 bits per heavy atom. The average Bonchev–Trinajstić information content (AvgIpc) is 2.89. The molecule has 2 heterocycles. The van der Waals surface area contributed by atoms with Crippen molar-refractivity contribution in [1.29, 1.82) is 0 Å². The van der Waals surface area contributed by atoms with E-state index < -0.39 is 5.60 Å². The van der Waals surface area contributed by atoms with Crippen LogP contribution in [0.5, 0.6) is 0 Å². The van der Waals surface area contributed by atoms with Gasteiger partial charge in [0, 0.05) is 19.6 Å². The average molecular weight is 320 g/mol. The molecule has 0 radical (unpaired) electrons. The quantitative estimate of drug-likeness (QED) is 0.920. The van der Waals surface area contributed by atoms with Crippen molar-refractivity contribution in [3.63, 3.8) is 0 Å². The summed E-state index contributed by atoms with van der Waals surface area (Å²) in [4.78, 5) is 29.9. The van der Waals surface area contributed by atoms with E-state index in [9.17, 15) is 14.7 Å². The summed E-state index contributed by atoms with van der Waals surface area (Å²) in [5, 5.41) is 10.3. The van der Waals surface area contributed by atoms with Crippen LogP contribution < -0.4 is 11.2 Å². The monoisotopic (exact) mass is 320 g/mol. The van der Waals surface area contributed by atoms with Gasteiger partial charge in [0.2, 0.25) is 0 Å². The van der Waals surface area contributed by atoms with Gasteiger partial charge in [-0.15, -0.1) is 0 Å². The maximum Gasteiger partial charge on any atom is 0.332 e. The molecule has 23 heavy (non-hydrogen) atoms. The molecule has 1 saturated carbocycles. The van der Waals surface area contributed by atoms with Crippen molar-refractivity contribution < 1.29 is 5.11 Å². The Morgan fingerprint density at radius 3 is 2.83 bits per heavy atom. The summed E-state index contributed by atoms with van der Waals surface area (Å²) >= 11 is 0. The number of aryl methyl sites for hydroxylation is 2. The molecular formula is C16H24N4O3. The highest BCUT2D eigenvalue weighted by molar-refractivity contribution is 5.70. The highest BCUT2D eigenvalue weighted by atomic mass is 16.3. The fourth-order valence-corrected chi connectivity index (χ4v) is 3.67. The fraction of sp³-hybridized carbons (Fsp3) is 0.688. The number of aliphatic hydroxyl groups is 1. The largest absolute Gasteiger partial charge is 0.390 e. The minimum Gasteiger partial charge on any atom is -0.390 e. The third-order valence-corrected chi connectivity index (χ3v) is 4.81. The van der Waals surface area contributed by atoms with Crippen LogP contribution >= 0.6 is 0 Å². The normalized spacial score (nSPS) is 25.1. The van der Waals surface area contributed by atoms with Crippen molar-refractivity contribution in [2.24, 2.45) is 7.05 Å². The molecule has 0 saturated heterocycles. The van der Waals surface area contributed by atoms with E-state index in [-0.39, 0.29) is 17.3 Å².